The number of imide groups is 1. The highest BCUT2D eigenvalue weighted by Gasteiger charge is 2.42. The molecule has 2 fully saturated rings. The smallest absolute Gasteiger partial charge is 0.246 e. The summed E-state index contributed by atoms with van der Waals surface area (Å²) in [6.07, 6.45) is 2.92. The standard InChI is InChI=1S/C12H18N2O3/c1-12(2)5-3-4-8(12)11(17)14-6-9(15)13-10(16)7-14/h8H,3-7H2,1-2H3,(H,13,15,16). The number of rotatable bonds is 1. The minimum absolute atomic E-state index is 0.0111. The first-order valence-electron chi connectivity index (χ1n) is 6.01. The van der Waals surface area contributed by atoms with Crippen LogP contribution in [0.5, 0.6) is 0 Å². The van der Waals surface area contributed by atoms with Crippen LogP contribution in [0.2, 0.25) is 0 Å². The van der Waals surface area contributed by atoms with Crippen molar-refractivity contribution in [3.05, 3.63) is 0 Å². The monoisotopic (exact) mass is 238 g/mol. The van der Waals surface area contributed by atoms with Gasteiger partial charge in [-0.3, -0.25) is 19.7 Å². The number of hydrogen-bond donors (Lipinski definition) is 1. The zero-order valence-electron chi connectivity index (χ0n) is 10.3. The molecule has 94 valence electrons. The molecule has 1 saturated carbocycles. The molecule has 0 spiro atoms. The van der Waals surface area contributed by atoms with Crippen molar-refractivity contribution in [1.82, 2.24) is 10.2 Å². The predicted molar refractivity (Wildman–Crippen MR) is 60.9 cm³/mol. The second kappa shape index (κ2) is 4.13. The quantitative estimate of drug-likeness (QED) is 0.668. The molecule has 0 radical (unpaired) electrons. The predicted octanol–water partition coefficient (Wildman–Crippen LogP) is 0.298. The Morgan fingerprint density at radius 1 is 1.29 bits per heavy atom. The Labute approximate surface area is 101 Å². The van der Waals surface area contributed by atoms with Crippen molar-refractivity contribution in [2.75, 3.05) is 13.1 Å². The van der Waals surface area contributed by atoms with Crippen molar-refractivity contribution in [3.8, 4) is 0 Å². The van der Waals surface area contributed by atoms with Gasteiger partial charge in [-0.25, -0.2) is 0 Å². The van der Waals surface area contributed by atoms with Crippen molar-refractivity contribution in [1.29, 1.82) is 0 Å². The van der Waals surface area contributed by atoms with Crippen molar-refractivity contribution < 1.29 is 14.4 Å². The van der Waals surface area contributed by atoms with Gasteiger partial charge in [0.1, 0.15) is 13.1 Å². The summed E-state index contributed by atoms with van der Waals surface area (Å²) >= 11 is 0. The van der Waals surface area contributed by atoms with Gasteiger partial charge in [-0.05, 0) is 18.3 Å². The van der Waals surface area contributed by atoms with Gasteiger partial charge in [0.25, 0.3) is 0 Å². The number of amides is 3. The average Bonchev–Trinajstić information content (AvgIpc) is 2.55. The van der Waals surface area contributed by atoms with Crippen LogP contribution in [-0.2, 0) is 14.4 Å². The molecule has 2 rings (SSSR count). The summed E-state index contributed by atoms with van der Waals surface area (Å²) in [5, 5.41) is 2.20. The summed E-state index contributed by atoms with van der Waals surface area (Å²) in [5.74, 6) is -0.868. The van der Waals surface area contributed by atoms with E-state index < -0.39 is 0 Å². The number of nitrogens with zero attached hydrogens (tertiary/aromatic N) is 1. The van der Waals surface area contributed by atoms with Gasteiger partial charge in [-0.15, -0.1) is 0 Å². The fraction of sp³-hybridized carbons (Fsp3) is 0.750. The minimum Gasteiger partial charge on any atom is -0.324 e. The van der Waals surface area contributed by atoms with Crippen LogP contribution >= 0.6 is 0 Å². The lowest BCUT2D eigenvalue weighted by Crippen LogP contribution is -2.55. The fourth-order valence-electron chi connectivity index (χ4n) is 2.80. The van der Waals surface area contributed by atoms with Crippen LogP contribution in [0, 0.1) is 11.3 Å². The first-order valence-corrected chi connectivity index (χ1v) is 6.01. The highest BCUT2D eigenvalue weighted by atomic mass is 16.2. The molecule has 3 amide bonds. The molecule has 1 aliphatic carbocycles. The molecule has 1 N–H and O–H groups in total. The maximum Gasteiger partial charge on any atom is 0.246 e. The minimum atomic E-state index is -0.384. The lowest BCUT2D eigenvalue weighted by Gasteiger charge is -2.33. The van der Waals surface area contributed by atoms with Crippen LogP contribution in [0.1, 0.15) is 33.1 Å². The number of nitrogens with one attached hydrogen (secondary N) is 1. The van der Waals surface area contributed by atoms with Gasteiger partial charge in [0.15, 0.2) is 0 Å². The van der Waals surface area contributed by atoms with Crippen molar-refractivity contribution in [3.63, 3.8) is 0 Å². The van der Waals surface area contributed by atoms with Gasteiger partial charge in [-0.2, -0.15) is 0 Å². The maximum absolute atomic E-state index is 12.3. The molecular weight excluding hydrogens is 220 g/mol. The van der Waals surface area contributed by atoms with Gasteiger partial charge in [-0.1, -0.05) is 20.3 Å². The van der Waals surface area contributed by atoms with E-state index in [1.165, 1.54) is 4.90 Å². The molecule has 5 nitrogen and oxygen atoms in total. The lowest BCUT2D eigenvalue weighted by atomic mass is 9.81. The number of hydrogen-bond acceptors (Lipinski definition) is 3. The fourth-order valence-corrected chi connectivity index (χ4v) is 2.80. The van der Waals surface area contributed by atoms with Crippen molar-refractivity contribution in [2.45, 2.75) is 33.1 Å². The molecule has 1 heterocycles. The van der Waals surface area contributed by atoms with Crippen molar-refractivity contribution >= 4 is 17.7 Å². The van der Waals surface area contributed by atoms with E-state index in [9.17, 15) is 14.4 Å². The molecule has 1 unspecified atom stereocenters. The van der Waals surface area contributed by atoms with Gasteiger partial charge >= 0.3 is 0 Å². The third kappa shape index (κ3) is 2.33. The summed E-state index contributed by atoms with van der Waals surface area (Å²) in [6, 6.07) is 0. The molecule has 1 aliphatic heterocycles. The summed E-state index contributed by atoms with van der Waals surface area (Å²) in [7, 11) is 0. The van der Waals surface area contributed by atoms with Crippen molar-refractivity contribution in [2.24, 2.45) is 11.3 Å². The largest absolute Gasteiger partial charge is 0.324 e. The Bertz CT molecular complexity index is 360. The molecule has 1 saturated heterocycles. The molecular formula is C12H18N2O3. The Kier molecular flexibility index (Phi) is 2.93. The Balaban J connectivity index is 2.09. The molecule has 1 atom stereocenters. The molecule has 17 heavy (non-hydrogen) atoms. The maximum atomic E-state index is 12.3. The highest BCUT2D eigenvalue weighted by Crippen LogP contribution is 2.43. The van der Waals surface area contributed by atoms with Crippen LogP contribution in [0.4, 0.5) is 0 Å². The van der Waals surface area contributed by atoms with E-state index in [1.807, 2.05) is 0 Å². The molecule has 0 bridgehead atoms. The van der Waals surface area contributed by atoms with Gasteiger partial charge < -0.3 is 4.90 Å². The second-order valence-corrected chi connectivity index (χ2v) is 5.60. The van der Waals surface area contributed by atoms with Crippen LogP contribution in [-0.4, -0.2) is 35.7 Å². The van der Waals surface area contributed by atoms with Gasteiger partial charge in [0.2, 0.25) is 17.7 Å². The normalized spacial score (nSPS) is 28.1. The first kappa shape index (κ1) is 12.1. The summed E-state index contributed by atoms with van der Waals surface area (Å²) in [6.45, 7) is 4.18. The Morgan fingerprint density at radius 2 is 1.88 bits per heavy atom. The highest BCUT2D eigenvalue weighted by molar-refractivity contribution is 6.02. The van der Waals surface area contributed by atoms with E-state index in [4.69, 9.17) is 0 Å². The third-order valence-electron chi connectivity index (χ3n) is 3.81. The topological polar surface area (TPSA) is 66.5 Å². The SMILES string of the molecule is CC1(C)CCCC1C(=O)N1CC(=O)NC(=O)C1. The number of carbonyl (C=O) groups is 3. The summed E-state index contributed by atoms with van der Waals surface area (Å²) < 4.78 is 0. The zero-order valence-corrected chi connectivity index (χ0v) is 10.3. The van der Waals surface area contributed by atoms with Crippen LogP contribution in [0.15, 0.2) is 0 Å². The van der Waals surface area contributed by atoms with E-state index in [2.05, 4.69) is 19.2 Å². The van der Waals surface area contributed by atoms with E-state index in [0.717, 1.165) is 19.3 Å². The van der Waals surface area contributed by atoms with Crippen LogP contribution in [0.3, 0.4) is 0 Å². The first-order chi connectivity index (χ1) is 7.90. The molecule has 0 aromatic heterocycles. The average molecular weight is 238 g/mol. The number of piperazine rings is 1. The summed E-state index contributed by atoms with van der Waals surface area (Å²) in [4.78, 5) is 36.2. The molecule has 5 heteroatoms. The number of carbonyl (C=O) groups excluding carboxylic acids is 3. The molecule has 0 aromatic carbocycles. The molecule has 2 aliphatic rings. The van der Waals surface area contributed by atoms with E-state index in [0.29, 0.717) is 0 Å². The molecule has 0 aromatic rings. The van der Waals surface area contributed by atoms with E-state index in [1.54, 1.807) is 0 Å². The summed E-state index contributed by atoms with van der Waals surface area (Å²) in [5.41, 5.74) is -0.0198. The lowest BCUT2D eigenvalue weighted by molar-refractivity contribution is -0.149. The van der Waals surface area contributed by atoms with Gasteiger partial charge in [0, 0.05) is 5.92 Å². The van der Waals surface area contributed by atoms with E-state index in [-0.39, 0.29) is 42.1 Å². The third-order valence-corrected chi connectivity index (χ3v) is 3.81. The van der Waals surface area contributed by atoms with Crippen LogP contribution in [0.25, 0.3) is 0 Å². The Hall–Kier alpha value is -1.39. The Morgan fingerprint density at radius 3 is 2.35 bits per heavy atom. The van der Waals surface area contributed by atoms with Gasteiger partial charge in [0.05, 0.1) is 0 Å². The second-order valence-electron chi connectivity index (χ2n) is 5.60. The van der Waals surface area contributed by atoms with E-state index >= 15 is 0 Å². The van der Waals surface area contributed by atoms with Crippen LogP contribution < -0.4 is 5.32 Å². The zero-order chi connectivity index (χ0) is 12.6.